The van der Waals surface area contributed by atoms with Crippen molar-refractivity contribution in [2.45, 2.75) is 69.1 Å². The molecule has 1 N–H and O–H groups in total. The van der Waals surface area contributed by atoms with Gasteiger partial charge in [-0.05, 0) is 69.6 Å². The van der Waals surface area contributed by atoms with Crippen molar-refractivity contribution in [1.29, 1.82) is 0 Å². The van der Waals surface area contributed by atoms with E-state index in [1.807, 2.05) is 4.90 Å². The zero-order chi connectivity index (χ0) is 17.9. The van der Waals surface area contributed by atoms with Gasteiger partial charge in [0.05, 0.1) is 6.04 Å². The Bertz CT molecular complexity index is 653. The second-order valence-electron chi connectivity index (χ2n) is 9.21. The number of thioether (sulfide) groups is 1. The van der Waals surface area contributed by atoms with Crippen molar-refractivity contribution in [3.8, 4) is 0 Å². The van der Waals surface area contributed by atoms with Crippen LogP contribution >= 0.6 is 11.8 Å². The fourth-order valence-electron chi connectivity index (χ4n) is 5.58. The van der Waals surface area contributed by atoms with Crippen LogP contribution in [0.5, 0.6) is 0 Å². The Balaban J connectivity index is 1.23. The predicted molar refractivity (Wildman–Crippen MR) is 103 cm³/mol. The van der Waals surface area contributed by atoms with Crippen molar-refractivity contribution in [2.24, 2.45) is 28.7 Å². The summed E-state index contributed by atoms with van der Waals surface area (Å²) >= 11 is 1.66. The molecule has 2 bridgehead atoms. The number of hydrogen-bond acceptors (Lipinski definition) is 4. The molecule has 5 nitrogen and oxygen atoms in total. The molecule has 2 amide bonds. The minimum absolute atomic E-state index is 0.122. The van der Waals surface area contributed by atoms with Gasteiger partial charge in [-0.25, -0.2) is 0 Å². The van der Waals surface area contributed by atoms with Crippen molar-refractivity contribution in [1.82, 2.24) is 10.2 Å². The molecule has 2 aliphatic heterocycles. The maximum absolute atomic E-state index is 12.8. The maximum Gasteiger partial charge on any atom is 0.242 e. The number of rotatable bonds is 3. The van der Waals surface area contributed by atoms with Crippen LogP contribution in [0.1, 0.15) is 58.3 Å². The Hall–Kier alpha value is -1.04. The molecule has 5 fully saturated rings. The summed E-state index contributed by atoms with van der Waals surface area (Å²) in [6.07, 6.45) is 9.23. The fraction of sp³-hybridized carbons (Fsp3) is 0.850. The van der Waals surface area contributed by atoms with E-state index >= 15 is 0 Å². The molecule has 6 heteroatoms. The van der Waals surface area contributed by atoms with E-state index in [9.17, 15) is 9.59 Å². The minimum atomic E-state index is -0.425. The van der Waals surface area contributed by atoms with Gasteiger partial charge in [0.25, 0.3) is 0 Å². The summed E-state index contributed by atoms with van der Waals surface area (Å²) in [6, 6.07) is 0.428. The number of nitrogens with one attached hydrogen (secondary N) is 1. The van der Waals surface area contributed by atoms with Crippen LogP contribution in [0.25, 0.3) is 0 Å². The van der Waals surface area contributed by atoms with Crippen LogP contribution in [-0.2, 0) is 9.59 Å². The fourth-order valence-corrected chi connectivity index (χ4v) is 6.86. The van der Waals surface area contributed by atoms with Gasteiger partial charge in [0.1, 0.15) is 4.75 Å². The van der Waals surface area contributed by atoms with Gasteiger partial charge in [0.2, 0.25) is 11.8 Å². The molecule has 0 aromatic heterocycles. The Morgan fingerprint density at radius 1 is 1.15 bits per heavy atom. The monoisotopic (exact) mass is 375 g/mol. The summed E-state index contributed by atoms with van der Waals surface area (Å²) in [7, 11) is 0. The number of fused-ring (bicyclic) bond motifs is 2. The van der Waals surface area contributed by atoms with E-state index in [-0.39, 0.29) is 5.91 Å². The van der Waals surface area contributed by atoms with E-state index in [1.165, 1.54) is 25.7 Å². The zero-order valence-electron chi connectivity index (χ0n) is 15.6. The van der Waals surface area contributed by atoms with Crippen molar-refractivity contribution >= 4 is 28.7 Å². The Kier molecular flexibility index (Phi) is 4.11. The van der Waals surface area contributed by atoms with Gasteiger partial charge in [-0.3, -0.25) is 14.6 Å². The molecule has 5 aliphatic rings. The van der Waals surface area contributed by atoms with Crippen molar-refractivity contribution in [2.75, 3.05) is 13.1 Å². The molecule has 3 aliphatic carbocycles. The third-order valence-corrected chi connectivity index (χ3v) is 8.82. The average molecular weight is 376 g/mol. The highest BCUT2D eigenvalue weighted by molar-refractivity contribution is 8.16. The van der Waals surface area contributed by atoms with Gasteiger partial charge in [0, 0.05) is 19.0 Å². The van der Waals surface area contributed by atoms with Crippen molar-refractivity contribution in [3.05, 3.63) is 0 Å². The van der Waals surface area contributed by atoms with Crippen molar-refractivity contribution < 1.29 is 9.59 Å². The molecular formula is C20H29N3O2S. The normalized spacial score (nSPS) is 41.9. The number of hydrogen-bond donors (Lipinski definition) is 1. The van der Waals surface area contributed by atoms with Crippen LogP contribution in [0.3, 0.4) is 0 Å². The summed E-state index contributed by atoms with van der Waals surface area (Å²) in [4.78, 5) is 32.0. The number of nitrogens with zero attached hydrogens (tertiary/aromatic N) is 2. The van der Waals surface area contributed by atoms with Gasteiger partial charge in [0.15, 0.2) is 5.17 Å². The lowest BCUT2D eigenvalue weighted by Crippen LogP contribution is -2.47. The average Bonchev–Trinajstić information content (AvgIpc) is 3.18. The van der Waals surface area contributed by atoms with Gasteiger partial charge in [-0.2, -0.15) is 0 Å². The molecule has 142 valence electrons. The highest BCUT2D eigenvalue weighted by atomic mass is 32.2. The summed E-state index contributed by atoms with van der Waals surface area (Å²) in [5.41, 5.74) is 0. The van der Waals surface area contributed by atoms with Crippen LogP contribution in [0.15, 0.2) is 4.99 Å². The molecule has 3 saturated carbocycles. The molecule has 0 aromatic carbocycles. The van der Waals surface area contributed by atoms with Gasteiger partial charge in [-0.15, -0.1) is 0 Å². The molecule has 26 heavy (non-hydrogen) atoms. The first-order valence-electron chi connectivity index (χ1n) is 10.4. The van der Waals surface area contributed by atoms with E-state index in [0.717, 1.165) is 55.8 Å². The van der Waals surface area contributed by atoms with Crippen LogP contribution in [-0.4, -0.2) is 45.8 Å². The zero-order valence-corrected chi connectivity index (χ0v) is 16.4. The number of carbonyl (C=O) groups excluding carboxylic acids is 2. The number of amidine groups is 1. The molecule has 4 atom stereocenters. The predicted octanol–water partition coefficient (Wildman–Crippen LogP) is 2.80. The van der Waals surface area contributed by atoms with Crippen molar-refractivity contribution in [3.63, 3.8) is 0 Å². The molecule has 0 spiro atoms. The van der Waals surface area contributed by atoms with E-state index in [2.05, 4.69) is 12.2 Å². The topological polar surface area (TPSA) is 61.8 Å². The second kappa shape index (κ2) is 6.25. The first-order chi connectivity index (χ1) is 12.5. The summed E-state index contributed by atoms with van der Waals surface area (Å²) < 4.78 is -0.425. The first-order valence-corrected chi connectivity index (χ1v) is 11.2. The SMILES string of the molecule is CC1(C2CCN(C(=O)C3CC3)CC2)SC(=N[C@H]2C[C@@H]3CC[C@H]2C3)NC1=O. The van der Waals surface area contributed by atoms with E-state index in [4.69, 9.17) is 4.99 Å². The molecule has 2 saturated heterocycles. The summed E-state index contributed by atoms with van der Waals surface area (Å²) in [5, 5.41) is 3.94. The van der Waals surface area contributed by atoms with Crippen LogP contribution in [0.4, 0.5) is 0 Å². The summed E-state index contributed by atoms with van der Waals surface area (Å²) in [6.45, 7) is 3.70. The molecule has 0 radical (unpaired) electrons. The quantitative estimate of drug-likeness (QED) is 0.825. The largest absolute Gasteiger partial charge is 0.342 e. The standard InChI is InChI=1S/C20H29N3O2S/c1-20(15-6-8-23(9-7-15)17(24)13-4-5-13)18(25)22-19(26-20)21-16-11-12-2-3-14(16)10-12/h12-16H,2-11H2,1H3,(H,21,22,25)/t12-,14+,16+,20?/m1/s1. The van der Waals surface area contributed by atoms with E-state index in [0.29, 0.717) is 23.8 Å². The van der Waals surface area contributed by atoms with E-state index < -0.39 is 4.75 Å². The lowest BCUT2D eigenvalue weighted by molar-refractivity contribution is -0.134. The van der Waals surface area contributed by atoms with E-state index in [1.54, 1.807) is 11.8 Å². The maximum atomic E-state index is 12.8. The summed E-state index contributed by atoms with van der Waals surface area (Å²) in [5.74, 6) is 2.70. The third-order valence-electron chi connectivity index (χ3n) is 7.48. The Morgan fingerprint density at radius 3 is 2.54 bits per heavy atom. The minimum Gasteiger partial charge on any atom is -0.342 e. The number of aliphatic imine (C=N–C) groups is 1. The highest BCUT2D eigenvalue weighted by Gasteiger charge is 2.50. The Labute approximate surface area is 159 Å². The lowest BCUT2D eigenvalue weighted by Gasteiger charge is -2.38. The number of amides is 2. The Morgan fingerprint density at radius 2 is 1.92 bits per heavy atom. The lowest BCUT2D eigenvalue weighted by atomic mass is 9.84. The molecule has 1 unspecified atom stereocenters. The third kappa shape index (κ3) is 2.88. The van der Waals surface area contributed by atoms with Gasteiger partial charge >= 0.3 is 0 Å². The number of piperidine rings is 1. The molecular weight excluding hydrogens is 346 g/mol. The molecule has 5 rings (SSSR count). The number of carbonyl (C=O) groups is 2. The van der Waals surface area contributed by atoms with Gasteiger partial charge < -0.3 is 10.2 Å². The highest BCUT2D eigenvalue weighted by Crippen LogP contribution is 2.48. The second-order valence-corrected chi connectivity index (χ2v) is 10.7. The number of likely N-dealkylation sites (tertiary alicyclic amines) is 1. The molecule has 0 aromatic rings. The first kappa shape index (κ1) is 17.1. The smallest absolute Gasteiger partial charge is 0.242 e. The van der Waals surface area contributed by atoms with Crippen LogP contribution in [0, 0.1) is 23.7 Å². The van der Waals surface area contributed by atoms with Crippen LogP contribution < -0.4 is 5.32 Å². The molecule has 2 heterocycles. The van der Waals surface area contributed by atoms with Crippen LogP contribution in [0.2, 0.25) is 0 Å². The van der Waals surface area contributed by atoms with Gasteiger partial charge in [-0.1, -0.05) is 18.2 Å².